The van der Waals surface area contributed by atoms with Crippen molar-refractivity contribution in [2.24, 2.45) is 0 Å². The number of ether oxygens (including phenoxy) is 2. The van der Waals surface area contributed by atoms with E-state index in [1.54, 1.807) is 41.5 Å². The fourth-order valence-corrected chi connectivity index (χ4v) is 4.64. The fourth-order valence-electron chi connectivity index (χ4n) is 2.17. The van der Waals surface area contributed by atoms with Gasteiger partial charge in [0.1, 0.15) is 11.5 Å². The van der Waals surface area contributed by atoms with Crippen molar-refractivity contribution >= 4 is 39.6 Å². The summed E-state index contributed by atoms with van der Waals surface area (Å²) in [5.41, 5.74) is 0. The Hall–Kier alpha value is -1.77. The van der Waals surface area contributed by atoms with Gasteiger partial charge in [0.05, 0.1) is 13.7 Å². The molecule has 2 aromatic heterocycles. The van der Waals surface area contributed by atoms with Crippen molar-refractivity contribution < 1.29 is 9.47 Å². The van der Waals surface area contributed by atoms with Gasteiger partial charge in [-0.25, -0.2) is 0 Å². The molecule has 8 heteroatoms. The lowest BCUT2D eigenvalue weighted by atomic mass is 10.3. The first-order chi connectivity index (χ1) is 12.8. The van der Waals surface area contributed by atoms with Crippen LogP contribution in [0.4, 0.5) is 5.13 Å². The number of thiophene rings is 1. The topological polar surface area (TPSA) is 56.3 Å². The van der Waals surface area contributed by atoms with Crippen molar-refractivity contribution in [3.05, 3.63) is 46.7 Å². The number of methoxy groups -OCH3 is 1. The maximum atomic E-state index is 5.72. The summed E-state index contributed by atoms with van der Waals surface area (Å²) in [7, 11) is 1.66. The van der Waals surface area contributed by atoms with Crippen molar-refractivity contribution in [2.75, 3.05) is 31.3 Å². The summed E-state index contributed by atoms with van der Waals surface area (Å²) in [5.74, 6) is 2.66. The molecule has 3 rings (SSSR count). The minimum absolute atomic E-state index is 0.685. The third-order valence-corrected chi connectivity index (χ3v) is 6.51. The molecule has 0 radical (unpaired) electrons. The first-order valence-electron chi connectivity index (χ1n) is 8.33. The molecule has 0 aliphatic carbocycles. The van der Waals surface area contributed by atoms with Crippen LogP contribution >= 0.6 is 34.4 Å². The van der Waals surface area contributed by atoms with Gasteiger partial charge in [0.2, 0.25) is 5.13 Å². The molecule has 0 spiro atoms. The molecule has 0 saturated heterocycles. The van der Waals surface area contributed by atoms with Crippen molar-refractivity contribution in [2.45, 2.75) is 17.2 Å². The number of anilines is 1. The van der Waals surface area contributed by atoms with Crippen molar-refractivity contribution in [3.8, 4) is 11.5 Å². The molecule has 1 N–H and O–H groups in total. The average Bonchev–Trinajstić information content (AvgIpc) is 3.34. The predicted molar refractivity (Wildman–Crippen MR) is 110 cm³/mol. The van der Waals surface area contributed by atoms with Gasteiger partial charge < -0.3 is 14.8 Å². The highest BCUT2D eigenvalue weighted by Crippen LogP contribution is 2.26. The Labute approximate surface area is 165 Å². The predicted octanol–water partition coefficient (Wildman–Crippen LogP) is 4.82. The molecule has 0 saturated carbocycles. The summed E-state index contributed by atoms with van der Waals surface area (Å²) in [4.78, 5) is 1.38. The van der Waals surface area contributed by atoms with Crippen LogP contribution in [0.15, 0.2) is 46.1 Å². The molecule has 0 aliphatic rings. The minimum Gasteiger partial charge on any atom is -0.497 e. The molecule has 3 aromatic rings. The summed E-state index contributed by atoms with van der Waals surface area (Å²) in [6.07, 6.45) is 1.97. The van der Waals surface area contributed by atoms with Gasteiger partial charge in [-0.15, -0.1) is 21.5 Å². The molecule has 2 heterocycles. The van der Waals surface area contributed by atoms with Crippen LogP contribution in [0.1, 0.15) is 11.3 Å². The number of nitrogens with one attached hydrogen (secondary N) is 1. The molecule has 0 aliphatic heterocycles. The SMILES string of the molecule is COc1ccc(OCCCSc2nnc(NCCc3cccs3)s2)cc1. The normalized spacial score (nSPS) is 10.7. The van der Waals surface area contributed by atoms with Crippen LogP contribution in [0.25, 0.3) is 0 Å². The number of aromatic nitrogens is 2. The molecule has 0 fully saturated rings. The van der Waals surface area contributed by atoms with Gasteiger partial charge in [-0.1, -0.05) is 29.2 Å². The summed E-state index contributed by atoms with van der Waals surface area (Å²) in [6, 6.07) is 11.9. The number of hydrogen-bond donors (Lipinski definition) is 1. The molecule has 0 unspecified atom stereocenters. The van der Waals surface area contributed by atoms with Gasteiger partial charge >= 0.3 is 0 Å². The van der Waals surface area contributed by atoms with E-state index in [4.69, 9.17) is 9.47 Å². The molecule has 0 bridgehead atoms. The van der Waals surface area contributed by atoms with Gasteiger partial charge in [0.15, 0.2) is 4.34 Å². The van der Waals surface area contributed by atoms with Gasteiger partial charge in [0.25, 0.3) is 0 Å². The molecule has 0 atom stereocenters. The first kappa shape index (κ1) is 19.0. The van der Waals surface area contributed by atoms with E-state index in [0.717, 1.165) is 46.1 Å². The summed E-state index contributed by atoms with van der Waals surface area (Å²) >= 11 is 5.11. The Morgan fingerprint density at radius 2 is 1.96 bits per heavy atom. The van der Waals surface area contributed by atoms with E-state index in [-0.39, 0.29) is 0 Å². The number of nitrogens with zero attached hydrogens (tertiary/aromatic N) is 2. The van der Waals surface area contributed by atoms with Gasteiger partial charge in [-0.2, -0.15) is 0 Å². The Morgan fingerprint density at radius 1 is 1.12 bits per heavy atom. The summed E-state index contributed by atoms with van der Waals surface area (Å²) in [6.45, 7) is 1.57. The monoisotopic (exact) mass is 407 g/mol. The van der Waals surface area contributed by atoms with Crippen LogP contribution in [0.2, 0.25) is 0 Å². The number of benzene rings is 1. The zero-order valence-electron chi connectivity index (χ0n) is 14.5. The lowest BCUT2D eigenvalue weighted by molar-refractivity contribution is 0.318. The molecule has 138 valence electrons. The van der Waals surface area contributed by atoms with E-state index in [0.29, 0.717) is 6.61 Å². The van der Waals surface area contributed by atoms with E-state index in [1.807, 2.05) is 24.3 Å². The fraction of sp³-hybridized carbons (Fsp3) is 0.333. The quantitative estimate of drug-likeness (QED) is 0.363. The van der Waals surface area contributed by atoms with Crippen LogP contribution < -0.4 is 14.8 Å². The minimum atomic E-state index is 0.685. The summed E-state index contributed by atoms with van der Waals surface area (Å²) in [5, 5.41) is 14.7. The molecule has 0 amide bonds. The van der Waals surface area contributed by atoms with Crippen LogP contribution in [-0.2, 0) is 6.42 Å². The largest absolute Gasteiger partial charge is 0.497 e. The van der Waals surface area contributed by atoms with E-state index < -0.39 is 0 Å². The van der Waals surface area contributed by atoms with E-state index in [2.05, 4.69) is 33.0 Å². The number of hydrogen-bond acceptors (Lipinski definition) is 8. The van der Waals surface area contributed by atoms with Gasteiger partial charge in [0, 0.05) is 17.2 Å². The summed E-state index contributed by atoms with van der Waals surface area (Å²) < 4.78 is 11.8. The maximum absolute atomic E-state index is 5.72. The van der Waals surface area contributed by atoms with E-state index in [9.17, 15) is 0 Å². The van der Waals surface area contributed by atoms with Crippen molar-refractivity contribution in [1.82, 2.24) is 10.2 Å². The van der Waals surface area contributed by atoms with E-state index >= 15 is 0 Å². The third kappa shape index (κ3) is 6.19. The lowest BCUT2D eigenvalue weighted by Gasteiger charge is -2.06. The Balaban J connectivity index is 1.29. The highest BCUT2D eigenvalue weighted by Gasteiger charge is 2.05. The van der Waals surface area contributed by atoms with Crippen LogP contribution in [0, 0.1) is 0 Å². The smallest absolute Gasteiger partial charge is 0.206 e. The average molecular weight is 408 g/mol. The zero-order chi connectivity index (χ0) is 18.0. The van der Waals surface area contributed by atoms with Crippen LogP contribution in [0.3, 0.4) is 0 Å². The first-order valence-corrected chi connectivity index (χ1v) is 11.0. The standard InChI is InChI=1S/C18H21N3O2S3/c1-22-14-5-7-15(8-6-14)23-11-3-13-25-18-21-20-17(26-18)19-10-9-16-4-2-12-24-16/h2,4-8,12H,3,9-11,13H2,1H3,(H,19,20). The second kappa shape index (κ2) is 10.4. The highest BCUT2D eigenvalue weighted by atomic mass is 32.2. The third-order valence-electron chi connectivity index (χ3n) is 3.48. The van der Waals surface area contributed by atoms with Crippen LogP contribution in [0.5, 0.6) is 11.5 Å². The molecule has 26 heavy (non-hydrogen) atoms. The molecular formula is C18H21N3O2S3. The van der Waals surface area contributed by atoms with Gasteiger partial charge in [-0.3, -0.25) is 0 Å². The molecule has 1 aromatic carbocycles. The second-order valence-electron chi connectivity index (χ2n) is 5.36. The Morgan fingerprint density at radius 3 is 2.73 bits per heavy atom. The van der Waals surface area contributed by atoms with Crippen molar-refractivity contribution in [1.29, 1.82) is 0 Å². The second-order valence-corrected chi connectivity index (χ2v) is 8.71. The highest BCUT2D eigenvalue weighted by molar-refractivity contribution is 8.01. The molecular weight excluding hydrogens is 386 g/mol. The molecule has 5 nitrogen and oxygen atoms in total. The van der Waals surface area contributed by atoms with Gasteiger partial charge in [-0.05, 0) is 48.6 Å². The maximum Gasteiger partial charge on any atom is 0.206 e. The van der Waals surface area contributed by atoms with Crippen LogP contribution in [-0.4, -0.2) is 36.2 Å². The zero-order valence-corrected chi connectivity index (χ0v) is 17.0. The number of rotatable bonds is 11. The Kier molecular flexibility index (Phi) is 7.60. The number of thioether (sulfide) groups is 1. The Bertz CT molecular complexity index is 760. The van der Waals surface area contributed by atoms with Crippen molar-refractivity contribution in [3.63, 3.8) is 0 Å². The van der Waals surface area contributed by atoms with E-state index in [1.165, 1.54) is 4.88 Å². The lowest BCUT2D eigenvalue weighted by Crippen LogP contribution is -2.03.